The van der Waals surface area contributed by atoms with Crippen LogP contribution in [0, 0.1) is 23.4 Å². The molecule has 3 aromatic rings. The van der Waals surface area contributed by atoms with Gasteiger partial charge in [-0.25, -0.2) is 13.2 Å². The minimum Gasteiger partial charge on any atom is -0.204 e. The zero-order valence-electron chi connectivity index (χ0n) is 17.6. The van der Waals surface area contributed by atoms with E-state index in [1.54, 1.807) is 0 Å². The molecule has 0 heterocycles. The average Bonchev–Trinajstić information content (AvgIpc) is 2.76. The molecule has 0 nitrogen and oxygen atoms in total. The fourth-order valence-corrected chi connectivity index (χ4v) is 5.20. The molecule has 0 unspecified atom stereocenters. The fourth-order valence-electron chi connectivity index (χ4n) is 5.20. The first-order chi connectivity index (χ1) is 14.6. The van der Waals surface area contributed by atoms with Crippen LogP contribution in [0.4, 0.5) is 13.2 Å². The third-order valence-corrected chi connectivity index (χ3v) is 6.69. The van der Waals surface area contributed by atoms with E-state index in [2.05, 4.69) is 31.2 Å². The molecule has 4 rings (SSSR count). The van der Waals surface area contributed by atoms with Crippen LogP contribution in [0.3, 0.4) is 0 Å². The summed E-state index contributed by atoms with van der Waals surface area (Å²) in [5.74, 6) is -3.37. The van der Waals surface area contributed by atoms with E-state index in [0.29, 0.717) is 11.5 Å². The molecule has 30 heavy (non-hydrogen) atoms. The second kappa shape index (κ2) is 9.24. The first kappa shape index (κ1) is 21.0. The predicted molar refractivity (Wildman–Crippen MR) is 117 cm³/mol. The Morgan fingerprint density at radius 2 is 1.60 bits per heavy atom. The van der Waals surface area contributed by atoms with Gasteiger partial charge in [0.25, 0.3) is 0 Å². The number of benzene rings is 3. The molecule has 0 aromatic heterocycles. The third kappa shape index (κ3) is 4.12. The maximum Gasteiger partial charge on any atom is 0.194 e. The van der Waals surface area contributed by atoms with Crippen LogP contribution in [0.2, 0.25) is 0 Å². The van der Waals surface area contributed by atoms with Crippen LogP contribution in [-0.2, 0) is 6.42 Å². The highest BCUT2D eigenvalue weighted by Gasteiger charge is 2.32. The SMILES string of the molecule is CCCCCCC[C@@H]1CCc2c(ccc3ccccc23)[C@H]1c1cc(F)c(F)c(F)c1. The van der Waals surface area contributed by atoms with Crippen molar-refractivity contribution in [3.05, 3.63) is 82.7 Å². The summed E-state index contributed by atoms with van der Waals surface area (Å²) in [6.45, 7) is 2.20. The van der Waals surface area contributed by atoms with Crippen molar-refractivity contribution in [2.75, 3.05) is 0 Å². The lowest BCUT2D eigenvalue weighted by atomic mass is 9.69. The Balaban J connectivity index is 1.73. The van der Waals surface area contributed by atoms with Crippen molar-refractivity contribution in [1.82, 2.24) is 0 Å². The van der Waals surface area contributed by atoms with E-state index >= 15 is 0 Å². The van der Waals surface area contributed by atoms with Crippen molar-refractivity contribution in [2.45, 2.75) is 64.2 Å². The van der Waals surface area contributed by atoms with Gasteiger partial charge in [0.15, 0.2) is 17.5 Å². The van der Waals surface area contributed by atoms with Gasteiger partial charge in [0.2, 0.25) is 0 Å². The Hall–Kier alpha value is -2.29. The number of hydrogen-bond acceptors (Lipinski definition) is 0. The summed E-state index contributed by atoms with van der Waals surface area (Å²) >= 11 is 0. The number of halogens is 3. The molecular weight excluding hydrogens is 381 g/mol. The van der Waals surface area contributed by atoms with Crippen molar-refractivity contribution in [2.24, 2.45) is 5.92 Å². The van der Waals surface area contributed by atoms with Gasteiger partial charge < -0.3 is 0 Å². The molecule has 0 aliphatic heterocycles. The number of aryl methyl sites for hydroxylation is 1. The van der Waals surface area contributed by atoms with Crippen molar-refractivity contribution in [3.63, 3.8) is 0 Å². The molecule has 3 aromatic carbocycles. The highest BCUT2D eigenvalue weighted by molar-refractivity contribution is 5.87. The van der Waals surface area contributed by atoms with Gasteiger partial charge in [0, 0.05) is 5.92 Å². The van der Waals surface area contributed by atoms with Crippen LogP contribution in [0.15, 0.2) is 48.5 Å². The summed E-state index contributed by atoms with van der Waals surface area (Å²) in [5, 5.41) is 2.40. The van der Waals surface area contributed by atoms with Crippen LogP contribution in [0.1, 0.15) is 74.5 Å². The van der Waals surface area contributed by atoms with E-state index in [-0.39, 0.29) is 5.92 Å². The van der Waals surface area contributed by atoms with Crippen LogP contribution in [-0.4, -0.2) is 0 Å². The monoisotopic (exact) mass is 410 g/mol. The molecular formula is C27H29F3. The van der Waals surface area contributed by atoms with Gasteiger partial charge in [0.05, 0.1) is 0 Å². The predicted octanol–water partition coefficient (Wildman–Crippen LogP) is 8.31. The molecule has 1 aliphatic carbocycles. The smallest absolute Gasteiger partial charge is 0.194 e. The quantitative estimate of drug-likeness (QED) is 0.271. The normalized spacial score (nSPS) is 18.5. The second-order valence-electron chi connectivity index (χ2n) is 8.63. The van der Waals surface area contributed by atoms with Gasteiger partial charge >= 0.3 is 0 Å². The van der Waals surface area contributed by atoms with E-state index in [1.807, 2.05) is 12.1 Å². The van der Waals surface area contributed by atoms with Gasteiger partial charge in [0.1, 0.15) is 0 Å². The largest absolute Gasteiger partial charge is 0.204 e. The fraction of sp³-hybridized carbons (Fsp3) is 0.407. The molecule has 0 fully saturated rings. The molecule has 0 radical (unpaired) electrons. The van der Waals surface area contributed by atoms with Crippen molar-refractivity contribution in [1.29, 1.82) is 0 Å². The Morgan fingerprint density at radius 3 is 2.37 bits per heavy atom. The van der Waals surface area contributed by atoms with Gasteiger partial charge in [-0.3, -0.25) is 0 Å². The summed E-state index contributed by atoms with van der Waals surface area (Å²) in [4.78, 5) is 0. The van der Waals surface area contributed by atoms with Crippen molar-refractivity contribution < 1.29 is 13.2 Å². The number of rotatable bonds is 7. The Bertz CT molecular complexity index is 1000. The molecule has 0 N–H and O–H groups in total. The van der Waals surface area contributed by atoms with Gasteiger partial charge in [-0.15, -0.1) is 0 Å². The van der Waals surface area contributed by atoms with Gasteiger partial charge in [-0.2, -0.15) is 0 Å². The number of hydrogen-bond donors (Lipinski definition) is 0. The zero-order valence-corrected chi connectivity index (χ0v) is 17.6. The molecule has 0 amide bonds. The van der Waals surface area contributed by atoms with Crippen LogP contribution in [0.25, 0.3) is 10.8 Å². The molecule has 0 bridgehead atoms. The summed E-state index contributed by atoms with van der Waals surface area (Å²) in [7, 11) is 0. The summed E-state index contributed by atoms with van der Waals surface area (Å²) in [6, 6.07) is 14.9. The summed E-state index contributed by atoms with van der Waals surface area (Å²) in [6.07, 6.45) is 8.98. The summed E-state index contributed by atoms with van der Waals surface area (Å²) < 4.78 is 41.9. The van der Waals surface area contributed by atoms with E-state index in [0.717, 1.165) is 31.2 Å². The minimum atomic E-state index is -1.38. The highest BCUT2D eigenvalue weighted by Crippen LogP contribution is 2.45. The maximum atomic E-state index is 14.1. The second-order valence-corrected chi connectivity index (χ2v) is 8.63. The Labute approximate surface area is 177 Å². The van der Waals surface area contributed by atoms with Crippen molar-refractivity contribution >= 4 is 10.8 Å². The summed E-state index contributed by atoms with van der Waals surface area (Å²) in [5.41, 5.74) is 2.97. The Kier molecular flexibility index (Phi) is 6.46. The first-order valence-corrected chi connectivity index (χ1v) is 11.2. The average molecular weight is 411 g/mol. The zero-order chi connectivity index (χ0) is 21.1. The molecule has 0 saturated carbocycles. The Morgan fingerprint density at radius 1 is 0.867 bits per heavy atom. The topological polar surface area (TPSA) is 0 Å². The van der Waals surface area contributed by atoms with Gasteiger partial charge in [-0.1, -0.05) is 75.4 Å². The van der Waals surface area contributed by atoms with E-state index in [4.69, 9.17) is 0 Å². The number of fused-ring (bicyclic) bond motifs is 3. The lowest BCUT2D eigenvalue weighted by molar-refractivity contribution is 0.363. The maximum absolute atomic E-state index is 14.1. The molecule has 0 spiro atoms. The lowest BCUT2D eigenvalue weighted by Crippen LogP contribution is -2.23. The van der Waals surface area contributed by atoms with E-state index in [1.165, 1.54) is 54.2 Å². The minimum absolute atomic E-state index is 0.103. The third-order valence-electron chi connectivity index (χ3n) is 6.69. The number of unbranched alkanes of at least 4 members (excludes halogenated alkanes) is 4. The molecule has 1 aliphatic rings. The van der Waals surface area contributed by atoms with Gasteiger partial charge in [-0.05, 0) is 64.8 Å². The molecule has 158 valence electrons. The highest BCUT2D eigenvalue weighted by atomic mass is 19.2. The van der Waals surface area contributed by atoms with Crippen LogP contribution in [0.5, 0.6) is 0 Å². The molecule has 0 saturated heterocycles. The van der Waals surface area contributed by atoms with E-state index in [9.17, 15) is 13.2 Å². The lowest BCUT2D eigenvalue weighted by Gasteiger charge is -2.35. The first-order valence-electron chi connectivity index (χ1n) is 11.2. The van der Waals surface area contributed by atoms with Crippen molar-refractivity contribution in [3.8, 4) is 0 Å². The standard InChI is InChI=1S/C27H29F3/c1-2-3-4-5-6-10-19-13-14-22-21-11-8-7-9-18(21)12-15-23(22)26(19)20-16-24(28)27(30)25(29)17-20/h7-9,11-12,15-17,19,26H,2-6,10,13-14H2,1H3/t19-,26-/m1/s1. The van der Waals surface area contributed by atoms with Crippen LogP contribution >= 0.6 is 0 Å². The van der Waals surface area contributed by atoms with E-state index < -0.39 is 17.5 Å². The van der Waals surface area contributed by atoms with Crippen LogP contribution < -0.4 is 0 Å². The molecule has 3 heteroatoms. The molecule has 2 atom stereocenters.